The molecular formula is C23H23ClN2O6. The van der Waals surface area contributed by atoms with Gasteiger partial charge in [-0.05, 0) is 56.7 Å². The molecule has 0 saturated heterocycles. The number of benzene rings is 2. The van der Waals surface area contributed by atoms with Crippen LogP contribution in [0.1, 0.15) is 27.2 Å². The molecule has 0 spiro atoms. The average molecular weight is 459 g/mol. The van der Waals surface area contributed by atoms with Crippen LogP contribution in [-0.4, -0.2) is 45.8 Å². The van der Waals surface area contributed by atoms with E-state index in [0.29, 0.717) is 27.3 Å². The van der Waals surface area contributed by atoms with Crippen LogP contribution in [-0.2, 0) is 19.1 Å². The van der Waals surface area contributed by atoms with E-state index in [1.165, 1.54) is 19.1 Å². The number of esters is 2. The summed E-state index contributed by atoms with van der Waals surface area (Å²) in [5, 5.41) is 11.0. The lowest BCUT2D eigenvalue weighted by atomic mass is 10.1. The number of ether oxygens (including phenoxy) is 3. The second-order valence-electron chi connectivity index (χ2n) is 6.92. The van der Waals surface area contributed by atoms with E-state index in [0.717, 1.165) is 0 Å². The number of aromatic hydroxyl groups is 1. The minimum absolute atomic E-state index is 0.0860. The average Bonchev–Trinajstić information content (AvgIpc) is 2.78. The highest BCUT2D eigenvalue weighted by Gasteiger charge is 2.26. The van der Waals surface area contributed by atoms with E-state index in [1.807, 2.05) is 0 Å². The first-order valence-corrected chi connectivity index (χ1v) is 10.5. The van der Waals surface area contributed by atoms with Crippen LogP contribution >= 0.6 is 11.6 Å². The maximum absolute atomic E-state index is 12.3. The van der Waals surface area contributed by atoms with Gasteiger partial charge in [-0.2, -0.15) is 0 Å². The Morgan fingerprint density at radius 2 is 1.88 bits per heavy atom. The van der Waals surface area contributed by atoms with Crippen molar-refractivity contribution in [3.8, 4) is 22.8 Å². The van der Waals surface area contributed by atoms with Gasteiger partial charge in [0.2, 0.25) is 0 Å². The third-order valence-corrected chi connectivity index (χ3v) is 4.81. The fourth-order valence-corrected chi connectivity index (χ4v) is 3.07. The molecule has 2 atom stereocenters. The largest absolute Gasteiger partial charge is 0.504 e. The smallest absolute Gasteiger partial charge is 0.347 e. The number of rotatable bonds is 8. The number of aromatic nitrogens is 2. The Morgan fingerprint density at radius 1 is 1.09 bits per heavy atom. The Labute approximate surface area is 190 Å². The van der Waals surface area contributed by atoms with Gasteiger partial charge in [-0.25, -0.2) is 14.6 Å². The SMILES string of the molecule is CCOC(=O)C(CC)OC(=O)C(C)Oc1ccc(-c2cnc3cc(Cl)ccc3n2)cc1O. The number of carbonyl (C=O) groups excluding carboxylic acids is 2. The van der Waals surface area contributed by atoms with E-state index in [1.54, 1.807) is 44.3 Å². The molecule has 0 amide bonds. The van der Waals surface area contributed by atoms with Gasteiger partial charge < -0.3 is 19.3 Å². The van der Waals surface area contributed by atoms with Crippen molar-refractivity contribution in [2.24, 2.45) is 0 Å². The summed E-state index contributed by atoms with van der Waals surface area (Å²) in [5.41, 5.74) is 2.48. The van der Waals surface area contributed by atoms with Gasteiger partial charge in [-0.3, -0.25) is 4.98 Å². The molecule has 0 saturated carbocycles. The normalized spacial score (nSPS) is 12.8. The van der Waals surface area contributed by atoms with Crippen molar-refractivity contribution in [3.05, 3.63) is 47.6 Å². The van der Waals surface area contributed by atoms with E-state index in [9.17, 15) is 14.7 Å². The highest BCUT2D eigenvalue weighted by molar-refractivity contribution is 6.31. The summed E-state index contributed by atoms with van der Waals surface area (Å²) in [5.74, 6) is -1.45. The number of phenols is 1. The second-order valence-corrected chi connectivity index (χ2v) is 7.35. The highest BCUT2D eigenvalue weighted by Crippen LogP contribution is 2.32. The molecule has 0 aliphatic carbocycles. The Hall–Kier alpha value is -3.39. The molecule has 3 rings (SSSR count). The molecule has 0 fully saturated rings. The number of hydrogen-bond acceptors (Lipinski definition) is 8. The third-order valence-electron chi connectivity index (χ3n) is 4.57. The summed E-state index contributed by atoms with van der Waals surface area (Å²) < 4.78 is 15.6. The van der Waals surface area contributed by atoms with Gasteiger partial charge in [0.05, 0.1) is 29.5 Å². The van der Waals surface area contributed by atoms with Crippen LogP contribution in [0.4, 0.5) is 0 Å². The first kappa shape index (κ1) is 23.3. The van der Waals surface area contributed by atoms with E-state index in [2.05, 4.69) is 9.97 Å². The Kier molecular flexibility index (Phi) is 7.48. The first-order valence-electron chi connectivity index (χ1n) is 10.1. The zero-order chi connectivity index (χ0) is 23.3. The lowest BCUT2D eigenvalue weighted by molar-refractivity contribution is -0.171. The maximum Gasteiger partial charge on any atom is 0.347 e. The van der Waals surface area contributed by atoms with Crippen molar-refractivity contribution < 1.29 is 28.9 Å². The molecule has 0 aliphatic rings. The standard InChI is InChI=1S/C23H23ClN2O6/c1-4-20(23(29)30-5-2)32-22(28)13(3)31-21-9-6-14(10-19(21)27)18-12-25-17-11-15(24)7-8-16(17)26-18/h6-13,20,27H,4-5H2,1-3H3. The van der Waals surface area contributed by atoms with Gasteiger partial charge in [-0.1, -0.05) is 18.5 Å². The van der Waals surface area contributed by atoms with Gasteiger partial charge in [0.1, 0.15) is 0 Å². The molecule has 2 aromatic carbocycles. The molecule has 0 radical (unpaired) electrons. The van der Waals surface area contributed by atoms with Gasteiger partial charge in [0.25, 0.3) is 0 Å². The van der Waals surface area contributed by atoms with E-state index in [4.69, 9.17) is 25.8 Å². The molecule has 0 aliphatic heterocycles. The van der Waals surface area contributed by atoms with E-state index >= 15 is 0 Å². The van der Waals surface area contributed by atoms with Crippen molar-refractivity contribution in [1.82, 2.24) is 9.97 Å². The Bertz CT molecular complexity index is 1140. The van der Waals surface area contributed by atoms with E-state index in [-0.39, 0.29) is 24.5 Å². The van der Waals surface area contributed by atoms with Crippen LogP contribution in [0.5, 0.6) is 11.5 Å². The fourth-order valence-electron chi connectivity index (χ4n) is 2.91. The number of carbonyl (C=O) groups is 2. The van der Waals surface area contributed by atoms with Gasteiger partial charge in [-0.15, -0.1) is 0 Å². The monoisotopic (exact) mass is 458 g/mol. The molecular weight excluding hydrogens is 436 g/mol. The summed E-state index contributed by atoms with van der Waals surface area (Å²) in [6.45, 7) is 5.03. The van der Waals surface area contributed by atoms with Crippen molar-refractivity contribution in [2.75, 3.05) is 6.61 Å². The molecule has 9 heteroatoms. The van der Waals surface area contributed by atoms with Gasteiger partial charge in [0, 0.05) is 10.6 Å². The molecule has 2 unspecified atom stereocenters. The Morgan fingerprint density at radius 3 is 2.56 bits per heavy atom. The second kappa shape index (κ2) is 10.3. The number of fused-ring (bicyclic) bond motifs is 1. The predicted molar refractivity (Wildman–Crippen MR) is 119 cm³/mol. The van der Waals surface area contributed by atoms with Crippen LogP contribution in [0, 0.1) is 0 Å². The van der Waals surface area contributed by atoms with Crippen LogP contribution in [0.2, 0.25) is 5.02 Å². The van der Waals surface area contributed by atoms with Crippen molar-refractivity contribution in [2.45, 2.75) is 39.4 Å². The lowest BCUT2D eigenvalue weighted by Gasteiger charge is -2.19. The fraction of sp³-hybridized carbons (Fsp3) is 0.304. The molecule has 1 N–H and O–H groups in total. The van der Waals surface area contributed by atoms with Crippen molar-refractivity contribution in [1.29, 1.82) is 0 Å². The number of phenolic OH excluding ortho intramolecular Hbond substituents is 1. The third kappa shape index (κ3) is 5.45. The number of hydrogen-bond donors (Lipinski definition) is 1. The number of nitrogens with zero attached hydrogens (tertiary/aromatic N) is 2. The molecule has 8 nitrogen and oxygen atoms in total. The summed E-state index contributed by atoms with van der Waals surface area (Å²) in [6, 6.07) is 9.87. The molecule has 168 valence electrons. The zero-order valence-corrected chi connectivity index (χ0v) is 18.6. The van der Waals surface area contributed by atoms with Crippen molar-refractivity contribution in [3.63, 3.8) is 0 Å². The van der Waals surface area contributed by atoms with Crippen molar-refractivity contribution >= 4 is 34.6 Å². The van der Waals surface area contributed by atoms with Crippen LogP contribution < -0.4 is 4.74 Å². The number of halogens is 1. The molecule has 1 aromatic heterocycles. The van der Waals surface area contributed by atoms with Gasteiger partial charge in [0.15, 0.2) is 23.7 Å². The van der Waals surface area contributed by atoms with E-state index < -0.39 is 24.1 Å². The quantitative estimate of drug-likeness (QED) is 0.497. The molecule has 0 bridgehead atoms. The Balaban J connectivity index is 1.71. The molecule has 32 heavy (non-hydrogen) atoms. The maximum atomic E-state index is 12.3. The minimum Gasteiger partial charge on any atom is -0.504 e. The molecule has 3 aromatic rings. The summed E-state index contributed by atoms with van der Waals surface area (Å²) >= 11 is 5.97. The van der Waals surface area contributed by atoms with Crippen LogP contribution in [0.15, 0.2) is 42.6 Å². The topological polar surface area (TPSA) is 108 Å². The lowest BCUT2D eigenvalue weighted by Crippen LogP contribution is -2.34. The van der Waals surface area contributed by atoms with Gasteiger partial charge >= 0.3 is 11.9 Å². The summed E-state index contributed by atoms with van der Waals surface area (Å²) in [6.07, 6.45) is -0.212. The minimum atomic E-state index is -1.06. The predicted octanol–water partition coefficient (Wildman–Crippen LogP) is 4.31. The van der Waals surface area contributed by atoms with Crippen LogP contribution in [0.3, 0.4) is 0 Å². The van der Waals surface area contributed by atoms with Crippen LogP contribution in [0.25, 0.3) is 22.3 Å². The first-order chi connectivity index (χ1) is 15.3. The zero-order valence-electron chi connectivity index (χ0n) is 17.9. The summed E-state index contributed by atoms with van der Waals surface area (Å²) in [4.78, 5) is 33.0. The summed E-state index contributed by atoms with van der Waals surface area (Å²) in [7, 11) is 0. The molecule has 1 heterocycles. The highest BCUT2D eigenvalue weighted by atomic mass is 35.5.